The van der Waals surface area contributed by atoms with Crippen molar-refractivity contribution in [3.8, 4) is 0 Å². The topological polar surface area (TPSA) is 66.7 Å². The zero-order chi connectivity index (χ0) is 26.8. The second-order valence-corrected chi connectivity index (χ2v) is 10.0. The van der Waals surface area contributed by atoms with Gasteiger partial charge in [0.2, 0.25) is 11.8 Å². The minimum Gasteiger partial charge on any atom is -0.343 e. The van der Waals surface area contributed by atoms with E-state index in [1.54, 1.807) is 22.7 Å². The lowest BCUT2D eigenvalue weighted by Crippen LogP contribution is -2.47. The molecule has 1 aliphatic heterocycles. The molecule has 0 saturated carbocycles. The highest BCUT2D eigenvalue weighted by atomic mass is 19.1. The van der Waals surface area contributed by atoms with E-state index in [0.717, 1.165) is 5.56 Å². The zero-order valence-electron chi connectivity index (χ0n) is 21.4. The Morgan fingerprint density at radius 2 is 1.82 bits per heavy atom. The first-order valence-corrected chi connectivity index (χ1v) is 12.8. The molecule has 2 aromatic heterocycles. The molecule has 8 heteroatoms. The van der Waals surface area contributed by atoms with E-state index in [4.69, 9.17) is 0 Å². The van der Waals surface area contributed by atoms with Crippen LogP contribution in [0, 0.1) is 5.82 Å². The third-order valence-electron chi connectivity index (χ3n) is 7.10. The Morgan fingerprint density at radius 3 is 2.55 bits per heavy atom. The van der Waals surface area contributed by atoms with Gasteiger partial charge in [0.25, 0.3) is 0 Å². The van der Waals surface area contributed by atoms with Crippen LogP contribution >= 0.6 is 0 Å². The maximum Gasteiger partial charge on any atom is 0.243 e. The average Bonchev–Trinajstić information content (AvgIpc) is 3.51. The van der Waals surface area contributed by atoms with E-state index in [9.17, 15) is 18.4 Å². The first kappa shape index (κ1) is 25.6. The lowest BCUT2D eigenvalue weighted by atomic mass is 9.94. The number of amides is 2. The van der Waals surface area contributed by atoms with Crippen molar-refractivity contribution in [3.63, 3.8) is 0 Å². The number of alkyl halides is 1. The van der Waals surface area contributed by atoms with Gasteiger partial charge in [0.05, 0.1) is 24.7 Å². The summed E-state index contributed by atoms with van der Waals surface area (Å²) < 4.78 is 31.3. The first-order valence-electron chi connectivity index (χ1n) is 12.8. The number of pyridine rings is 1. The number of nitrogens with one attached hydrogen (secondary N) is 1. The standard InChI is InChI=1S/C30H30F2N4O2/c1-19(2)24-12-11-21(14-25(24)32)29(20-8-4-3-5-9-20)34-30(38)26-15-22(31)18-36(26)28(37)16-23-17-33-27-10-6-7-13-35(23)27/h3-14,17,19,22,26,29H,15-16,18H2,1-2H3,(H,34,38). The van der Waals surface area contributed by atoms with Crippen LogP contribution in [0.15, 0.2) is 79.1 Å². The number of aromatic nitrogens is 2. The van der Waals surface area contributed by atoms with Crippen molar-refractivity contribution in [1.82, 2.24) is 19.6 Å². The quantitative estimate of drug-likeness (QED) is 0.377. The summed E-state index contributed by atoms with van der Waals surface area (Å²) >= 11 is 0. The number of nitrogens with zero attached hydrogens (tertiary/aromatic N) is 3. The second-order valence-electron chi connectivity index (χ2n) is 10.0. The summed E-state index contributed by atoms with van der Waals surface area (Å²) in [5.74, 6) is -1.15. The van der Waals surface area contributed by atoms with Gasteiger partial charge in [-0.2, -0.15) is 0 Å². The molecule has 1 saturated heterocycles. The molecule has 0 bridgehead atoms. The number of likely N-dealkylation sites (tertiary alicyclic amines) is 1. The van der Waals surface area contributed by atoms with Crippen LogP contribution < -0.4 is 5.32 Å². The molecule has 4 aromatic rings. The van der Waals surface area contributed by atoms with E-state index in [0.29, 0.717) is 22.5 Å². The molecule has 1 N–H and O–H groups in total. The van der Waals surface area contributed by atoms with E-state index < -0.39 is 24.2 Å². The molecule has 0 radical (unpaired) electrons. The summed E-state index contributed by atoms with van der Waals surface area (Å²) in [6.45, 7) is 3.68. The molecule has 6 nitrogen and oxygen atoms in total. The maximum absolute atomic E-state index is 14.9. The van der Waals surface area contributed by atoms with E-state index in [2.05, 4.69) is 10.3 Å². The van der Waals surface area contributed by atoms with Gasteiger partial charge in [-0.15, -0.1) is 0 Å². The van der Waals surface area contributed by atoms with Crippen LogP contribution in [0.3, 0.4) is 0 Å². The first-order chi connectivity index (χ1) is 18.3. The van der Waals surface area contributed by atoms with Crippen LogP contribution in [0.4, 0.5) is 8.78 Å². The summed E-state index contributed by atoms with van der Waals surface area (Å²) in [4.78, 5) is 32.5. The van der Waals surface area contributed by atoms with Gasteiger partial charge in [-0.1, -0.05) is 62.4 Å². The van der Waals surface area contributed by atoms with E-state index in [1.165, 1.54) is 11.0 Å². The minimum absolute atomic E-state index is 0.00826. The number of carbonyl (C=O) groups excluding carboxylic acids is 2. The molecule has 38 heavy (non-hydrogen) atoms. The molecule has 2 amide bonds. The molecule has 5 rings (SSSR count). The fourth-order valence-electron chi connectivity index (χ4n) is 5.12. The molecule has 0 aliphatic carbocycles. The number of rotatable bonds is 7. The van der Waals surface area contributed by atoms with Gasteiger partial charge in [-0.3, -0.25) is 9.59 Å². The number of fused-ring (bicyclic) bond motifs is 1. The van der Waals surface area contributed by atoms with Crippen molar-refractivity contribution in [3.05, 3.63) is 107 Å². The predicted molar refractivity (Wildman–Crippen MR) is 141 cm³/mol. The minimum atomic E-state index is -1.31. The van der Waals surface area contributed by atoms with Crippen molar-refractivity contribution in [2.24, 2.45) is 0 Å². The number of benzene rings is 2. The second kappa shape index (κ2) is 10.7. The van der Waals surface area contributed by atoms with Crippen LogP contribution in [0.25, 0.3) is 5.65 Å². The largest absolute Gasteiger partial charge is 0.343 e. The summed E-state index contributed by atoms with van der Waals surface area (Å²) in [5, 5.41) is 2.98. The van der Waals surface area contributed by atoms with Crippen LogP contribution in [0.1, 0.15) is 54.6 Å². The molecule has 0 spiro atoms. The highest BCUT2D eigenvalue weighted by Crippen LogP contribution is 2.28. The zero-order valence-corrected chi connectivity index (χ0v) is 21.4. The number of imidazole rings is 1. The van der Waals surface area contributed by atoms with Crippen molar-refractivity contribution in [1.29, 1.82) is 0 Å². The Morgan fingerprint density at radius 1 is 1.05 bits per heavy atom. The van der Waals surface area contributed by atoms with E-state index in [-0.39, 0.29) is 37.0 Å². The third-order valence-corrected chi connectivity index (χ3v) is 7.10. The SMILES string of the molecule is CC(C)c1ccc(C(NC(=O)C2CC(F)CN2C(=O)Cc2cnc3ccccn23)c2ccccc2)cc1F. The van der Waals surface area contributed by atoms with Gasteiger partial charge < -0.3 is 14.6 Å². The summed E-state index contributed by atoms with van der Waals surface area (Å²) in [6.07, 6.45) is 2.02. The Hall–Kier alpha value is -4.07. The number of halogens is 2. The maximum atomic E-state index is 14.9. The fourth-order valence-corrected chi connectivity index (χ4v) is 5.12. The van der Waals surface area contributed by atoms with Crippen molar-refractivity contribution in [2.45, 2.75) is 50.9 Å². The van der Waals surface area contributed by atoms with Gasteiger partial charge in [0.15, 0.2) is 0 Å². The normalized spacial score (nSPS) is 18.2. The summed E-state index contributed by atoms with van der Waals surface area (Å²) in [7, 11) is 0. The monoisotopic (exact) mass is 516 g/mol. The third kappa shape index (κ3) is 5.16. The summed E-state index contributed by atoms with van der Waals surface area (Å²) in [5.41, 5.74) is 3.29. The molecule has 1 aliphatic rings. The molecule has 1 fully saturated rings. The Labute approximate surface area is 220 Å². The molecule has 3 unspecified atom stereocenters. The number of carbonyl (C=O) groups is 2. The van der Waals surface area contributed by atoms with Crippen molar-refractivity contribution in [2.75, 3.05) is 6.54 Å². The molecule has 196 valence electrons. The molecule has 2 aromatic carbocycles. The van der Waals surface area contributed by atoms with Crippen molar-refractivity contribution >= 4 is 17.5 Å². The van der Waals surface area contributed by atoms with Gasteiger partial charge >= 0.3 is 0 Å². The van der Waals surface area contributed by atoms with Crippen molar-refractivity contribution < 1.29 is 18.4 Å². The van der Waals surface area contributed by atoms with Gasteiger partial charge in [0.1, 0.15) is 23.7 Å². The van der Waals surface area contributed by atoms with Crippen LogP contribution in [-0.2, 0) is 16.0 Å². The molecule has 3 heterocycles. The highest BCUT2D eigenvalue weighted by Gasteiger charge is 2.40. The van der Waals surface area contributed by atoms with E-state index in [1.807, 2.05) is 68.6 Å². The Balaban J connectivity index is 1.39. The Bertz CT molecular complexity index is 1450. The van der Waals surface area contributed by atoms with Crippen LogP contribution in [0.5, 0.6) is 0 Å². The lowest BCUT2D eigenvalue weighted by molar-refractivity contribution is -0.138. The smallest absolute Gasteiger partial charge is 0.243 e. The fraction of sp³-hybridized carbons (Fsp3) is 0.300. The van der Waals surface area contributed by atoms with Gasteiger partial charge in [0, 0.05) is 18.8 Å². The lowest BCUT2D eigenvalue weighted by Gasteiger charge is -2.27. The molecular weight excluding hydrogens is 486 g/mol. The van der Waals surface area contributed by atoms with Gasteiger partial charge in [-0.05, 0) is 40.8 Å². The van der Waals surface area contributed by atoms with E-state index >= 15 is 0 Å². The molecule has 3 atom stereocenters. The van der Waals surface area contributed by atoms with Crippen LogP contribution in [-0.4, -0.2) is 44.9 Å². The molecular formula is C30H30F2N4O2. The Kier molecular flexibility index (Phi) is 7.22. The van der Waals surface area contributed by atoms with Gasteiger partial charge in [-0.25, -0.2) is 13.8 Å². The average molecular weight is 517 g/mol. The summed E-state index contributed by atoms with van der Waals surface area (Å²) in [6, 6.07) is 18.1. The predicted octanol–water partition coefficient (Wildman–Crippen LogP) is 4.98. The van der Waals surface area contributed by atoms with Crippen LogP contribution in [0.2, 0.25) is 0 Å². The number of hydrogen-bond acceptors (Lipinski definition) is 3. The highest BCUT2D eigenvalue weighted by molar-refractivity contribution is 5.89. The number of hydrogen-bond donors (Lipinski definition) is 1.